The van der Waals surface area contributed by atoms with Gasteiger partial charge in [-0.2, -0.15) is 0 Å². The zero-order valence-corrected chi connectivity index (χ0v) is 13.7. The number of hydrogen-bond donors (Lipinski definition) is 2. The standard InChI is InChI=1S/C18H29N3O/c1-2-3-4-5-6-7-8-13-22-18-10-9-16-17(21-18)14-15(20-16)11-12-19/h9-10,14,20H,2-8,11-13,19H2,1H3. The molecule has 0 aliphatic carbocycles. The minimum atomic E-state index is 0.647. The summed E-state index contributed by atoms with van der Waals surface area (Å²) in [5.74, 6) is 0.719. The topological polar surface area (TPSA) is 63.9 Å². The second-order valence-electron chi connectivity index (χ2n) is 5.89. The maximum Gasteiger partial charge on any atom is 0.213 e. The summed E-state index contributed by atoms with van der Waals surface area (Å²) in [4.78, 5) is 7.87. The number of aromatic amines is 1. The van der Waals surface area contributed by atoms with Gasteiger partial charge in [-0.15, -0.1) is 0 Å². The van der Waals surface area contributed by atoms with Crippen molar-refractivity contribution in [2.24, 2.45) is 5.73 Å². The van der Waals surface area contributed by atoms with Gasteiger partial charge in [-0.25, -0.2) is 4.98 Å². The van der Waals surface area contributed by atoms with Crippen molar-refractivity contribution in [2.45, 2.75) is 58.3 Å². The third-order valence-electron chi connectivity index (χ3n) is 3.92. The van der Waals surface area contributed by atoms with Crippen LogP contribution in [0.4, 0.5) is 0 Å². The van der Waals surface area contributed by atoms with E-state index in [0.717, 1.165) is 42.1 Å². The highest BCUT2D eigenvalue weighted by Gasteiger charge is 2.03. The van der Waals surface area contributed by atoms with Crippen molar-refractivity contribution in [1.82, 2.24) is 9.97 Å². The van der Waals surface area contributed by atoms with E-state index >= 15 is 0 Å². The molecule has 0 aliphatic heterocycles. The largest absolute Gasteiger partial charge is 0.478 e. The highest BCUT2D eigenvalue weighted by atomic mass is 16.5. The Morgan fingerprint density at radius 1 is 1.09 bits per heavy atom. The predicted octanol–water partition coefficient (Wildman–Crippen LogP) is 4.19. The summed E-state index contributed by atoms with van der Waals surface area (Å²) in [6.07, 6.45) is 9.92. The Labute approximate surface area is 133 Å². The number of rotatable bonds is 11. The van der Waals surface area contributed by atoms with Crippen LogP contribution in [-0.2, 0) is 6.42 Å². The second kappa shape index (κ2) is 9.46. The quantitative estimate of drug-likeness (QED) is 0.612. The first kappa shape index (κ1) is 16.8. The van der Waals surface area contributed by atoms with Crippen LogP contribution >= 0.6 is 0 Å². The number of ether oxygens (including phenoxy) is 1. The molecule has 0 unspecified atom stereocenters. The van der Waals surface area contributed by atoms with E-state index < -0.39 is 0 Å². The first-order chi connectivity index (χ1) is 10.8. The molecule has 2 aromatic rings. The molecule has 0 radical (unpaired) electrons. The lowest BCUT2D eigenvalue weighted by molar-refractivity contribution is 0.294. The minimum absolute atomic E-state index is 0.647. The van der Waals surface area contributed by atoms with E-state index in [1.165, 1.54) is 38.5 Å². The molecule has 2 heterocycles. The fraction of sp³-hybridized carbons (Fsp3) is 0.611. The molecular formula is C18H29N3O. The van der Waals surface area contributed by atoms with Gasteiger partial charge < -0.3 is 15.5 Å². The molecule has 3 N–H and O–H groups in total. The molecular weight excluding hydrogens is 274 g/mol. The van der Waals surface area contributed by atoms with Gasteiger partial charge in [-0.05, 0) is 31.5 Å². The van der Waals surface area contributed by atoms with Crippen LogP contribution in [0.3, 0.4) is 0 Å². The summed E-state index contributed by atoms with van der Waals surface area (Å²) >= 11 is 0. The first-order valence-corrected chi connectivity index (χ1v) is 8.65. The van der Waals surface area contributed by atoms with Crippen LogP contribution in [0.5, 0.6) is 5.88 Å². The van der Waals surface area contributed by atoms with Gasteiger partial charge in [0.05, 0.1) is 17.6 Å². The summed E-state index contributed by atoms with van der Waals surface area (Å²) in [5, 5.41) is 0. The number of aromatic nitrogens is 2. The Hall–Kier alpha value is -1.55. The van der Waals surface area contributed by atoms with E-state index in [1.54, 1.807) is 0 Å². The smallest absolute Gasteiger partial charge is 0.213 e. The average molecular weight is 303 g/mol. The summed E-state index contributed by atoms with van der Waals surface area (Å²) in [6, 6.07) is 6.03. The van der Waals surface area contributed by atoms with Gasteiger partial charge in [0.25, 0.3) is 0 Å². The molecule has 0 spiro atoms. The zero-order valence-electron chi connectivity index (χ0n) is 13.7. The van der Waals surface area contributed by atoms with Gasteiger partial charge in [0.2, 0.25) is 5.88 Å². The van der Waals surface area contributed by atoms with E-state index in [1.807, 2.05) is 12.1 Å². The van der Waals surface area contributed by atoms with Crippen molar-refractivity contribution >= 4 is 11.0 Å². The molecule has 0 bridgehead atoms. The maximum absolute atomic E-state index is 5.76. The van der Waals surface area contributed by atoms with Crippen molar-refractivity contribution in [3.63, 3.8) is 0 Å². The number of pyridine rings is 1. The summed E-state index contributed by atoms with van der Waals surface area (Å²) in [6.45, 7) is 3.65. The number of nitrogens with two attached hydrogens (primary N) is 1. The van der Waals surface area contributed by atoms with Crippen molar-refractivity contribution in [2.75, 3.05) is 13.2 Å². The number of hydrogen-bond acceptors (Lipinski definition) is 3. The van der Waals surface area contributed by atoms with Gasteiger partial charge in [0, 0.05) is 11.8 Å². The Kier molecular flexibility index (Phi) is 7.23. The molecule has 0 saturated heterocycles. The van der Waals surface area contributed by atoms with E-state index in [2.05, 4.69) is 23.0 Å². The summed E-state index contributed by atoms with van der Waals surface area (Å²) in [7, 11) is 0. The van der Waals surface area contributed by atoms with Crippen LogP contribution < -0.4 is 10.5 Å². The number of H-pyrrole nitrogens is 1. The normalized spacial score (nSPS) is 11.2. The van der Waals surface area contributed by atoms with Gasteiger partial charge >= 0.3 is 0 Å². The molecule has 122 valence electrons. The van der Waals surface area contributed by atoms with Crippen LogP contribution in [0.1, 0.15) is 57.6 Å². The molecule has 4 nitrogen and oxygen atoms in total. The number of nitrogens with zero attached hydrogens (tertiary/aromatic N) is 1. The van der Waals surface area contributed by atoms with Crippen LogP contribution in [0, 0.1) is 0 Å². The molecule has 0 saturated carbocycles. The van der Waals surface area contributed by atoms with Crippen molar-refractivity contribution in [3.8, 4) is 5.88 Å². The van der Waals surface area contributed by atoms with E-state index in [0.29, 0.717) is 6.54 Å². The van der Waals surface area contributed by atoms with Crippen LogP contribution in [0.2, 0.25) is 0 Å². The maximum atomic E-state index is 5.76. The molecule has 4 heteroatoms. The fourth-order valence-corrected chi connectivity index (χ4v) is 2.65. The number of nitrogens with one attached hydrogen (secondary N) is 1. The number of fused-ring (bicyclic) bond motifs is 1. The molecule has 0 aromatic carbocycles. The van der Waals surface area contributed by atoms with Crippen LogP contribution in [-0.4, -0.2) is 23.1 Å². The molecule has 0 amide bonds. The molecule has 22 heavy (non-hydrogen) atoms. The van der Waals surface area contributed by atoms with Gasteiger partial charge in [0.15, 0.2) is 0 Å². The highest BCUT2D eigenvalue weighted by molar-refractivity contribution is 5.76. The first-order valence-electron chi connectivity index (χ1n) is 8.65. The Balaban J connectivity index is 1.70. The third kappa shape index (κ3) is 5.34. The van der Waals surface area contributed by atoms with E-state index in [9.17, 15) is 0 Å². The summed E-state index contributed by atoms with van der Waals surface area (Å²) in [5.41, 5.74) is 8.72. The van der Waals surface area contributed by atoms with E-state index in [-0.39, 0.29) is 0 Å². The SMILES string of the molecule is CCCCCCCCCOc1ccc2[nH]c(CCN)cc2n1. The van der Waals surface area contributed by atoms with Crippen molar-refractivity contribution in [1.29, 1.82) is 0 Å². The van der Waals surface area contributed by atoms with Gasteiger partial charge in [0.1, 0.15) is 0 Å². The molecule has 2 aromatic heterocycles. The monoisotopic (exact) mass is 303 g/mol. The van der Waals surface area contributed by atoms with Gasteiger partial charge in [-0.1, -0.05) is 45.4 Å². The highest BCUT2D eigenvalue weighted by Crippen LogP contribution is 2.18. The Morgan fingerprint density at radius 2 is 1.86 bits per heavy atom. The van der Waals surface area contributed by atoms with Crippen molar-refractivity contribution < 1.29 is 4.74 Å². The van der Waals surface area contributed by atoms with Crippen molar-refractivity contribution in [3.05, 3.63) is 23.9 Å². The lowest BCUT2D eigenvalue weighted by atomic mass is 10.1. The lowest BCUT2D eigenvalue weighted by Crippen LogP contribution is -2.02. The average Bonchev–Trinajstić information content (AvgIpc) is 2.92. The van der Waals surface area contributed by atoms with E-state index in [4.69, 9.17) is 10.5 Å². The minimum Gasteiger partial charge on any atom is -0.478 e. The van der Waals surface area contributed by atoms with Gasteiger partial charge in [-0.3, -0.25) is 0 Å². The Bertz CT molecular complexity index is 550. The summed E-state index contributed by atoms with van der Waals surface area (Å²) < 4.78 is 5.76. The fourth-order valence-electron chi connectivity index (χ4n) is 2.65. The Morgan fingerprint density at radius 3 is 2.64 bits per heavy atom. The molecule has 0 aliphatic rings. The van der Waals surface area contributed by atoms with Crippen LogP contribution in [0.25, 0.3) is 11.0 Å². The second-order valence-corrected chi connectivity index (χ2v) is 5.89. The number of unbranched alkanes of at least 4 members (excludes halogenated alkanes) is 6. The third-order valence-corrected chi connectivity index (χ3v) is 3.92. The molecule has 0 atom stereocenters. The zero-order chi connectivity index (χ0) is 15.6. The van der Waals surface area contributed by atoms with Crippen LogP contribution in [0.15, 0.2) is 18.2 Å². The molecule has 0 fully saturated rings. The molecule has 2 rings (SSSR count). The predicted molar refractivity (Wildman–Crippen MR) is 92.3 cm³/mol. The lowest BCUT2D eigenvalue weighted by Gasteiger charge is -2.05.